The molecule has 2 aromatic rings. The largest absolute Gasteiger partial charge is 0.504 e. The molecule has 0 saturated heterocycles. The van der Waals surface area contributed by atoms with Gasteiger partial charge in [0.25, 0.3) is 0 Å². The van der Waals surface area contributed by atoms with Crippen molar-refractivity contribution in [1.29, 1.82) is 0 Å². The monoisotopic (exact) mass is 270 g/mol. The Bertz CT molecular complexity index is 625. The highest BCUT2D eigenvalue weighted by molar-refractivity contribution is 5.54. The minimum Gasteiger partial charge on any atom is -0.504 e. The summed E-state index contributed by atoms with van der Waals surface area (Å²) in [4.78, 5) is 0. The molecule has 0 fully saturated rings. The molecule has 3 N–H and O–H groups in total. The van der Waals surface area contributed by atoms with E-state index in [-0.39, 0.29) is 17.4 Å². The van der Waals surface area contributed by atoms with Gasteiger partial charge >= 0.3 is 0 Å². The van der Waals surface area contributed by atoms with Crippen LogP contribution in [0, 0.1) is 5.92 Å². The summed E-state index contributed by atoms with van der Waals surface area (Å²) in [6, 6.07) is 11.4. The molecule has 3 nitrogen and oxygen atoms in total. The van der Waals surface area contributed by atoms with Crippen molar-refractivity contribution in [2.24, 2.45) is 5.92 Å². The minimum atomic E-state index is -0.453. The normalized spacial score (nSPS) is 21.4. The van der Waals surface area contributed by atoms with Crippen molar-refractivity contribution in [3.05, 3.63) is 53.1 Å². The van der Waals surface area contributed by atoms with E-state index in [0.717, 1.165) is 18.4 Å². The van der Waals surface area contributed by atoms with Crippen LogP contribution >= 0.6 is 0 Å². The highest BCUT2D eigenvalue weighted by Gasteiger charge is 2.26. The summed E-state index contributed by atoms with van der Waals surface area (Å²) >= 11 is 0. The fourth-order valence-corrected chi connectivity index (χ4v) is 3.19. The van der Waals surface area contributed by atoms with E-state index in [4.69, 9.17) is 0 Å². The van der Waals surface area contributed by atoms with Gasteiger partial charge in [-0.25, -0.2) is 0 Å². The zero-order chi connectivity index (χ0) is 14.3. The topological polar surface area (TPSA) is 60.7 Å². The summed E-state index contributed by atoms with van der Waals surface area (Å²) < 4.78 is 0. The summed E-state index contributed by atoms with van der Waals surface area (Å²) in [5.41, 5.74) is 3.41. The first-order chi connectivity index (χ1) is 9.56. The molecule has 0 heterocycles. The Labute approximate surface area is 118 Å². The average Bonchev–Trinajstić information content (AvgIpc) is 2.43. The van der Waals surface area contributed by atoms with Crippen molar-refractivity contribution in [3.8, 4) is 17.2 Å². The number of benzene rings is 2. The number of hydrogen-bond acceptors (Lipinski definition) is 3. The first kappa shape index (κ1) is 12.9. The van der Waals surface area contributed by atoms with E-state index in [1.807, 2.05) is 12.1 Å². The lowest BCUT2D eigenvalue weighted by atomic mass is 9.74. The maximum absolute atomic E-state index is 9.72. The molecule has 0 aromatic heterocycles. The molecule has 3 heteroatoms. The van der Waals surface area contributed by atoms with Gasteiger partial charge in [0.1, 0.15) is 0 Å². The van der Waals surface area contributed by atoms with Crippen LogP contribution in [0.2, 0.25) is 0 Å². The molecule has 1 aliphatic rings. The second-order valence-corrected chi connectivity index (χ2v) is 5.70. The summed E-state index contributed by atoms with van der Waals surface area (Å²) in [7, 11) is 0. The number of phenols is 3. The molecular formula is C17H18O3. The third-order valence-electron chi connectivity index (χ3n) is 4.13. The number of phenolic OH excluding ortho intramolecular Hbond substituents is 3. The lowest BCUT2D eigenvalue weighted by Gasteiger charge is -2.30. The second kappa shape index (κ2) is 4.75. The van der Waals surface area contributed by atoms with Crippen LogP contribution in [0.25, 0.3) is 0 Å². The maximum Gasteiger partial charge on any atom is 0.200 e. The summed E-state index contributed by atoms with van der Waals surface area (Å²) in [5, 5.41) is 28.9. The predicted molar refractivity (Wildman–Crippen MR) is 77.2 cm³/mol. The van der Waals surface area contributed by atoms with Crippen molar-refractivity contribution in [2.45, 2.75) is 25.7 Å². The number of rotatable bonds is 1. The number of aromatic hydroxyl groups is 3. The Balaban J connectivity index is 2.11. The fourth-order valence-electron chi connectivity index (χ4n) is 3.19. The van der Waals surface area contributed by atoms with Gasteiger partial charge in [-0.2, -0.15) is 0 Å². The quantitative estimate of drug-likeness (QED) is 0.695. The predicted octanol–water partition coefficient (Wildman–Crippen LogP) is 3.52. The molecule has 0 spiro atoms. The van der Waals surface area contributed by atoms with Crippen molar-refractivity contribution in [3.63, 3.8) is 0 Å². The van der Waals surface area contributed by atoms with Gasteiger partial charge in [-0.1, -0.05) is 31.2 Å². The number of hydrogen-bond donors (Lipinski definition) is 3. The first-order valence-electron chi connectivity index (χ1n) is 6.89. The Kier molecular flexibility index (Phi) is 3.05. The van der Waals surface area contributed by atoms with Gasteiger partial charge in [-0.05, 0) is 47.6 Å². The van der Waals surface area contributed by atoms with Crippen LogP contribution in [0.4, 0.5) is 0 Å². The number of fused-ring (bicyclic) bond motifs is 1. The fraction of sp³-hybridized carbons (Fsp3) is 0.294. The van der Waals surface area contributed by atoms with Gasteiger partial charge in [0, 0.05) is 5.92 Å². The molecule has 0 amide bonds. The Morgan fingerprint density at radius 2 is 1.65 bits per heavy atom. The Morgan fingerprint density at radius 3 is 2.35 bits per heavy atom. The van der Waals surface area contributed by atoms with Gasteiger partial charge in [0.15, 0.2) is 17.2 Å². The van der Waals surface area contributed by atoms with Crippen LogP contribution in [0.3, 0.4) is 0 Å². The van der Waals surface area contributed by atoms with Crippen molar-refractivity contribution >= 4 is 0 Å². The molecule has 20 heavy (non-hydrogen) atoms. The molecule has 0 aliphatic heterocycles. The summed E-state index contributed by atoms with van der Waals surface area (Å²) in [6.45, 7) is 2.21. The summed E-state index contributed by atoms with van der Waals surface area (Å²) in [6.07, 6.45) is 2.03. The Morgan fingerprint density at radius 1 is 1.00 bits per heavy atom. The maximum atomic E-state index is 9.72. The van der Waals surface area contributed by atoms with E-state index >= 15 is 0 Å². The SMILES string of the molecule is CC1Cc2ccccc2C(c2cc(O)c(O)c(O)c2)C1. The van der Waals surface area contributed by atoms with Crippen LogP contribution in [-0.2, 0) is 6.42 Å². The highest BCUT2D eigenvalue weighted by Crippen LogP contribution is 2.44. The van der Waals surface area contributed by atoms with Crippen LogP contribution in [0.5, 0.6) is 17.2 Å². The van der Waals surface area contributed by atoms with E-state index in [0.29, 0.717) is 5.92 Å². The van der Waals surface area contributed by atoms with E-state index in [2.05, 4.69) is 19.1 Å². The van der Waals surface area contributed by atoms with E-state index in [1.165, 1.54) is 11.1 Å². The molecular weight excluding hydrogens is 252 g/mol. The molecule has 0 radical (unpaired) electrons. The van der Waals surface area contributed by atoms with E-state index < -0.39 is 5.75 Å². The summed E-state index contributed by atoms with van der Waals surface area (Å²) in [5.74, 6) is -0.294. The standard InChI is InChI=1S/C17H18O3/c1-10-6-11-4-2-3-5-13(11)14(7-10)12-8-15(18)17(20)16(19)9-12/h2-5,8-10,14,18-20H,6-7H2,1H3. The van der Waals surface area contributed by atoms with Gasteiger partial charge in [0.2, 0.25) is 0 Å². The molecule has 1 aliphatic carbocycles. The lowest BCUT2D eigenvalue weighted by Crippen LogP contribution is -2.17. The molecule has 104 valence electrons. The van der Waals surface area contributed by atoms with Crippen LogP contribution in [-0.4, -0.2) is 15.3 Å². The van der Waals surface area contributed by atoms with Crippen molar-refractivity contribution in [1.82, 2.24) is 0 Å². The van der Waals surface area contributed by atoms with Crippen LogP contribution in [0.1, 0.15) is 36.0 Å². The van der Waals surface area contributed by atoms with Gasteiger partial charge in [0.05, 0.1) is 0 Å². The third-order valence-corrected chi connectivity index (χ3v) is 4.13. The van der Waals surface area contributed by atoms with Gasteiger partial charge in [-0.15, -0.1) is 0 Å². The molecule has 2 unspecified atom stereocenters. The van der Waals surface area contributed by atoms with Crippen LogP contribution < -0.4 is 0 Å². The molecule has 0 saturated carbocycles. The smallest absolute Gasteiger partial charge is 0.200 e. The highest BCUT2D eigenvalue weighted by atomic mass is 16.3. The molecule has 0 bridgehead atoms. The molecule has 2 aromatic carbocycles. The Hall–Kier alpha value is -2.16. The average molecular weight is 270 g/mol. The second-order valence-electron chi connectivity index (χ2n) is 5.70. The molecule has 2 atom stereocenters. The molecule has 3 rings (SSSR count). The van der Waals surface area contributed by atoms with Crippen LogP contribution in [0.15, 0.2) is 36.4 Å². The van der Waals surface area contributed by atoms with Gasteiger partial charge in [-0.3, -0.25) is 0 Å². The zero-order valence-corrected chi connectivity index (χ0v) is 11.4. The first-order valence-corrected chi connectivity index (χ1v) is 6.89. The van der Waals surface area contributed by atoms with E-state index in [9.17, 15) is 15.3 Å². The van der Waals surface area contributed by atoms with Crippen molar-refractivity contribution < 1.29 is 15.3 Å². The zero-order valence-electron chi connectivity index (χ0n) is 11.4. The van der Waals surface area contributed by atoms with Gasteiger partial charge < -0.3 is 15.3 Å². The lowest BCUT2D eigenvalue weighted by molar-refractivity contribution is 0.365. The van der Waals surface area contributed by atoms with Crippen molar-refractivity contribution in [2.75, 3.05) is 0 Å². The minimum absolute atomic E-state index is 0.146. The third kappa shape index (κ3) is 2.09. The van der Waals surface area contributed by atoms with E-state index in [1.54, 1.807) is 12.1 Å².